The highest BCUT2D eigenvalue weighted by molar-refractivity contribution is 5.96. The lowest BCUT2D eigenvalue weighted by molar-refractivity contribution is -0.119. The van der Waals surface area contributed by atoms with Gasteiger partial charge in [-0.1, -0.05) is 13.8 Å². The third kappa shape index (κ3) is 5.04. The molecule has 6 nitrogen and oxygen atoms in total. The van der Waals surface area contributed by atoms with E-state index >= 15 is 0 Å². The zero-order valence-electron chi connectivity index (χ0n) is 13.7. The summed E-state index contributed by atoms with van der Waals surface area (Å²) < 4.78 is 5.29. The van der Waals surface area contributed by atoms with Crippen LogP contribution in [0.25, 0.3) is 0 Å². The van der Waals surface area contributed by atoms with E-state index < -0.39 is 6.04 Å². The molecule has 1 atom stereocenters. The first kappa shape index (κ1) is 17.4. The van der Waals surface area contributed by atoms with Gasteiger partial charge in [-0.05, 0) is 43.0 Å². The van der Waals surface area contributed by atoms with E-state index in [1.54, 1.807) is 24.3 Å². The van der Waals surface area contributed by atoms with Gasteiger partial charge in [-0.15, -0.1) is 0 Å². The zero-order chi connectivity index (χ0) is 16.8. The molecule has 0 aliphatic carbocycles. The fourth-order valence-electron chi connectivity index (χ4n) is 2.44. The normalized spacial score (nSPS) is 16.9. The molecule has 1 aromatic rings. The Morgan fingerprint density at radius 2 is 1.52 bits per heavy atom. The standard InChI is InChI=1S/C17H25N3O3/c1-11(2)16(21)19-13-3-5-14(6-4-13)20-17(22)15(18)12-7-9-23-10-8-12/h3-6,11-12,15H,7-10,18H2,1-2H3,(H,19,21)(H,20,22). The molecular formula is C17H25N3O3. The molecule has 1 heterocycles. The number of benzene rings is 1. The number of hydrogen-bond donors (Lipinski definition) is 3. The van der Waals surface area contributed by atoms with Gasteiger partial charge >= 0.3 is 0 Å². The Hall–Kier alpha value is -1.92. The fraction of sp³-hybridized carbons (Fsp3) is 0.529. The van der Waals surface area contributed by atoms with Crippen molar-refractivity contribution >= 4 is 23.2 Å². The number of nitrogens with one attached hydrogen (secondary N) is 2. The van der Waals surface area contributed by atoms with E-state index in [2.05, 4.69) is 10.6 Å². The molecular weight excluding hydrogens is 294 g/mol. The molecule has 1 saturated heterocycles. The Labute approximate surface area is 136 Å². The van der Waals surface area contributed by atoms with Crippen molar-refractivity contribution in [3.8, 4) is 0 Å². The van der Waals surface area contributed by atoms with Crippen LogP contribution >= 0.6 is 0 Å². The van der Waals surface area contributed by atoms with Crippen molar-refractivity contribution in [2.75, 3.05) is 23.8 Å². The first-order valence-corrected chi connectivity index (χ1v) is 8.02. The highest BCUT2D eigenvalue weighted by atomic mass is 16.5. The molecule has 2 amide bonds. The van der Waals surface area contributed by atoms with E-state index in [1.807, 2.05) is 13.8 Å². The number of hydrogen-bond acceptors (Lipinski definition) is 4. The highest BCUT2D eigenvalue weighted by Crippen LogP contribution is 2.20. The molecule has 6 heteroatoms. The van der Waals surface area contributed by atoms with Gasteiger partial charge in [0.05, 0.1) is 6.04 Å². The highest BCUT2D eigenvalue weighted by Gasteiger charge is 2.26. The summed E-state index contributed by atoms with van der Waals surface area (Å²) in [6.07, 6.45) is 1.63. The average Bonchev–Trinajstić information content (AvgIpc) is 2.56. The van der Waals surface area contributed by atoms with Crippen LogP contribution in [0.4, 0.5) is 11.4 Å². The topological polar surface area (TPSA) is 93.5 Å². The van der Waals surface area contributed by atoms with Crippen molar-refractivity contribution in [3.63, 3.8) is 0 Å². The molecule has 0 spiro atoms. The Morgan fingerprint density at radius 1 is 1.04 bits per heavy atom. The maximum absolute atomic E-state index is 12.2. The van der Waals surface area contributed by atoms with Crippen LogP contribution in [0, 0.1) is 11.8 Å². The predicted octanol–water partition coefficient (Wildman–Crippen LogP) is 1.97. The minimum atomic E-state index is -0.528. The van der Waals surface area contributed by atoms with Crippen LogP contribution in [0.15, 0.2) is 24.3 Å². The predicted molar refractivity (Wildman–Crippen MR) is 90.1 cm³/mol. The van der Waals surface area contributed by atoms with Crippen LogP contribution < -0.4 is 16.4 Å². The molecule has 0 aromatic heterocycles. The Kier molecular flexibility index (Phi) is 6.12. The largest absolute Gasteiger partial charge is 0.381 e. The van der Waals surface area contributed by atoms with Crippen molar-refractivity contribution in [2.24, 2.45) is 17.6 Å². The van der Waals surface area contributed by atoms with Gasteiger partial charge in [0, 0.05) is 30.5 Å². The fourth-order valence-corrected chi connectivity index (χ4v) is 2.44. The van der Waals surface area contributed by atoms with Gasteiger partial charge in [-0.2, -0.15) is 0 Å². The molecule has 4 N–H and O–H groups in total. The summed E-state index contributed by atoms with van der Waals surface area (Å²) in [7, 11) is 0. The first-order valence-electron chi connectivity index (χ1n) is 8.02. The van der Waals surface area contributed by atoms with Crippen LogP contribution in [0.2, 0.25) is 0 Å². The van der Waals surface area contributed by atoms with E-state index in [-0.39, 0.29) is 23.7 Å². The van der Waals surface area contributed by atoms with Gasteiger partial charge in [0.1, 0.15) is 0 Å². The van der Waals surface area contributed by atoms with Crippen LogP contribution in [-0.4, -0.2) is 31.1 Å². The zero-order valence-corrected chi connectivity index (χ0v) is 13.7. The number of carbonyl (C=O) groups excluding carboxylic acids is 2. The van der Waals surface area contributed by atoms with E-state index in [0.29, 0.717) is 24.6 Å². The Bertz CT molecular complexity index is 537. The molecule has 1 unspecified atom stereocenters. The molecule has 0 saturated carbocycles. The lowest BCUT2D eigenvalue weighted by atomic mass is 9.92. The average molecular weight is 319 g/mol. The maximum Gasteiger partial charge on any atom is 0.241 e. The van der Waals surface area contributed by atoms with Gasteiger partial charge in [0.25, 0.3) is 0 Å². The molecule has 2 rings (SSSR count). The van der Waals surface area contributed by atoms with E-state index in [9.17, 15) is 9.59 Å². The van der Waals surface area contributed by atoms with E-state index in [1.165, 1.54) is 0 Å². The molecule has 126 valence electrons. The van der Waals surface area contributed by atoms with Crippen molar-refractivity contribution in [2.45, 2.75) is 32.7 Å². The maximum atomic E-state index is 12.2. The number of nitrogens with two attached hydrogens (primary N) is 1. The first-order chi connectivity index (χ1) is 11.0. The summed E-state index contributed by atoms with van der Waals surface area (Å²) in [6, 6.07) is 6.50. The molecule has 23 heavy (non-hydrogen) atoms. The molecule has 1 aromatic carbocycles. The van der Waals surface area contributed by atoms with Gasteiger partial charge in [0.2, 0.25) is 11.8 Å². The van der Waals surface area contributed by atoms with Crippen molar-refractivity contribution in [1.29, 1.82) is 0 Å². The number of ether oxygens (including phenoxy) is 1. The van der Waals surface area contributed by atoms with Crippen LogP contribution in [-0.2, 0) is 14.3 Å². The van der Waals surface area contributed by atoms with Crippen molar-refractivity contribution in [3.05, 3.63) is 24.3 Å². The lowest BCUT2D eigenvalue weighted by Crippen LogP contribution is -2.43. The van der Waals surface area contributed by atoms with Gasteiger partial charge in [-0.3, -0.25) is 9.59 Å². The second-order valence-electron chi connectivity index (χ2n) is 6.19. The van der Waals surface area contributed by atoms with Crippen LogP contribution in [0.1, 0.15) is 26.7 Å². The number of rotatable bonds is 5. The third-order valence-electron chi connectivity index (χ3n) is 4.02. The summed E-state index contributed by atoms with van der Waals surface area (Å²) in [5.74, 6) is -0.139. The van der Waals surface area contributed by atoms with Gasteiger partial charge in [0.15, 0.2) is 0 Å². The number of amides is 2. The lowest BCUT2D eigenvalue weighted by Gasteiger charge is -2.26. The van der Waals surface area contributed by atoms with Crippen molar-refractivity contribution < 1.29 is 14.3 Å². The second kappa shape index (κ2) is 8.08. The molecule has 1 fully saturated rings. The molecule has 1 aliphatic heterocycles. The third-order valence-corrected chi connectivity index (χ3v) is 4.02. The van der Waals surface area contributed by atoms with Gasteiger partial charge < -0.3 is 21.1 Å². The minimum Gasteiger partial charge on any atom is -0.381 e. The van der Waals surface area contributed by atoms with Gasteiger partial charge in [-0.25, -0.2) is 0 Å². The number of carbonyl (C=O) groups is 2. The summed E-state index contributed by atoms with van der Waals surface area (Å²) in [6.45, 7) is 5.00. The second-order valence-corrected chi connectivity index (χ2v) is 6.19. The molecule has 0 radical (unpaired) electrons. The van der Waals surface area contributed by atoms with Crippen LogP contribution in [0.5, 0.6) is 0 Å². The SMILES string of the molecule is CC(C)C(=O)Nc1ccc(NC(=O)C(N)C2CCOCC2)cc1. The summed E-state index contributed by atoms with van der Waals surface area (Å²) >= 11 is 0. The van der Waals surface area contributed by atoms with E-state index in [0.717, 1.165) is 12.8 Å². The summed E-state index contributed by atoms with van der Waals surface area (Å²) in [5.41, 5.74) is 7.42. The Morgan fingerprint density at radius 3 is 2.00 bits per heavy atom. The number of anilines is 2. The molecule has 1 aliphatic rings. The van der Waals surface area contributed by atoms with Crippen LogP contribution in [0.3, 0.4) is 0 Å². The Balaban J connectivity index is 1.89. The smallest absolute Gasteiger partial charge is 0.241 e. The quantitative estimate of drug-likeness (QED) is 0.773. The van der Waals surface area contributed by atoms with E-state index in [4.69, 9.17) is 10.5 Å². The minimum absolute atomic E-state index is 0.0386. The van der Waals surface area contributed by atoms with Crippen molar-refractivity contribution in [1.82, 2.24) is 0 Å². The monoisotopic (exact) mass is 319 g/mol. The summed E-state index contributed by atoms with van der Waals surface area (Å²) in [4.78, 5) is 23.8. The molecule has 0 bridgehead atoms. The summed E-state index contributed by atoms with van der Waals surface area (Å²) in [5, 5.41) is 5.63.